The van der Waals surface area contributed by atoms with Crippen LogP contribution in [0.2, 0.25) is 0 Å². The van der Waals surface area contributed by atoms with E-state index in [0.29, 0.717) is 24.9 Å². The molecule has 2 aliphatic heterocycles. The van der Waals surface area contributed by atoms with Crippen molar-refractivity contribution in [3.63, 3.8) is 0 Å². The van der Waals surface area contributed by atoms with Crippen LogP contribution in [0.15, 0.2) is 60.8 Å². The van der Waals surface area contributed by atoms with E-state index in [0.717, 1.165) is 27.6 Å². The van der Waals surface area contributed by atoms with Crippen molar-refractivity contribution in [3.8, 4) is 11.3 Å². The Balaban J connectivity index is 1.32. The van der Waals surface area contributed by atoms with Crippen LogP contribution in [0.25, 0.3) is 22.0 Å². The van der Waals surface area contributed by atoms with Crippen LogP contribution in [0.1, 0.15) is 29.2 Å². The molecule has 1 spiro atoms. The Hall–Kier alpha value is -3.84. The Morgan fingerprint density at radius 2 is 1.80 bits per heavy atom. The molecule has 5 atom stereocenters. The van der Waals surface area contributed by atoms with Crippen LogP contribution in [0.4, 0.5) is 13.2 Å². The van der Waals surface area contributed by atoms with E-state index in [1.54, 1.807) is 17.0 Å². The summed E-state index contributed by atoms with van der Waals surface area (Å²) >= 11 is 0. The molecule has 6 rings (SSSR count). The number of fused-ring (bicyclic) bond motifs is 1. The fraction of sp³-hybridized carbons (Fsp3) is 0.345. The lowest BCUT2D eigenvalue weighted by Gasteiger charge is -2.53. The minimum absolute atomic E-state index is 0.0219. The van der Waals surface area contributed by atoms with E-state index in [9.17, 15) is 33.3 Å². The van der Waals surface area contributed by atoms with Crippen LogP contribution in [0.3, 0.4) is 0 Å². The maximum atomic E-state index is 13.8. The molecule has 3 heterocycles. The third-order valence-corrected chi connectivity index (χ3v) is 8.05. The quantitative estimate of drug-likeness (QED) is 0.324. The molecule has 0 bridgehead atoms. The number of hydrogen-bond donors (Lipinski definition) is 3. The highest BCUT2D eigenvalue weighted by Gasteiger charge is 2.56. The van der Waals surface area contributed by atoms with Crippen molar-refractivity contribution in [2.24, 2.45) is 0 Å². The molecule has 3 aromatic carbocycles. The topological polar surface area (TPSA) is 121 Å². The smallest absolute Gasteiger partial charge is 0.254 e. The van der Waals surface area contributed by atoms with Gasteiger partial charge in [0, 0.05) is 17.7 Å². The molecule has 1 aromatic heterocycles. The standard InChI is InChI=1S/C29H27F3N4O5/c30-20-11-17(12-21(31)24(20)32)22-13-36(34-33-22)25-26(38)23(14-37)41-29(27(25)39)9-4-10-35(15-29)28(40)19-8-3-6-16-5-1-2-7-18(16)19/h1-3,5-8,11-13,23,25-27,37-39H,4,9-10,14-15H2/t23-,25+,26+,27-,29-/m1/s1. The lowest BCUT2D eigenvalue weighted by Crippen LogP contribution is -2.68. The van der Waals surface area contributed by atoms with Gasteiger partial charge in [-0.15, -0.1) is 5.10 Å². The molecule has 0 aliphatic carbocycles. The van der Waals surface area contributed by atoms with Gasteiger partial charge in [-0.05, 0) is 41.8 Å². The SMILES string of the molecule is O=C(c1cccc2ccccc12)N1CCC[C@]2(C1)O[C@H](CO)[C@H](O)[C@H](n1cc(-c3cc(F)c(F)c(F)c3)nn1)[C@H]2O. The van der Waals surface area contributed by atoms with Crippen molar-refractivity contribution in [1.29, 1.82) is 0 Å². The van der Waals surface area contributed by atoms with Crippen LogP contribution in [-0.2, 0) is 4.74 Å². The fourth-order valence-electron chi connectivity index (χ4n) is 6.01. The minimum atomic E-state index is -1.62. The Morgan fingerprint density at radius 3 is 2.56 bits per heavy atom. The normalized spacial score (nSPS) is 26.5. The summed E-state index contributed by atoms with van der Waals surface area (Å²) < 4.78 is 48.4. The van der Waals surface area contributed by atoms with Gasteiger partial charge in [-0.3, -0.25) is 4.79 Å². The molecule has 214 valence electrons. The zero-order valence-electron chi connectivity index (χ0n) is 21.7. The lowest BCUT2D eigenvalue weighted by atomic mass is 9.78. The van der Waals surface area contributed by atoms with Gasteiger partial charge in [0.05, 0.1) is 19.3 Å². The Morgan fingerprint density at radius 1 is 1.07 bits per heavy atom. The maximum absolute atomic E-state index is 13.8. The van der Waals surface area contributed by atoms with E-state index in [1.165, 1.54) is 6.20 Å². The second kappa shape index (κ2) is 10.5. The molecule has 2 fully saturated rings. The molecular formula is C29H27F3N4O5. The van der Waals surface area contributed by atoms with Gasteiger partial charge in [0.15, 0.2) is 17.5 Å². The van der Waals surface area contributed by atoms with Gasteiger partial charge in [0.25, 0.3) is 5.91 Å². The Kier molecular flexibility index (Phi) is 7.02. The second-order valence-corrected chi connectivity index (χ2v) is 10.5. The maximum Gasteiger partial charge on any atom is 0.254 e. The van der Waals surface area contributed by atoms with E-state index < -0.39 is 54.0 Å². The average molecular weight is 569 g/mol. The largest absolute Gasteiger partial charge is 0.394 e. The summed E-state index contributed by atoms with van der Waals surface area (Å²) in [6.07, 6.45) is -1.93. The number of hydrogen-bond acceptors (Lipinski definition) is 7. The number of ether oxygens (including phenoxy) is 1. The Bertz CT molecular complexity index is 1590. The lowest BCUT2D eigenvalue weighted by molar-refractivity contribution is -0.266. The highest BCUT2D eigenvalue weighted by Crippen LogP contribution is 2.42. The molecule has 0 saturated carbocycles. The molecule has 9 nitrogen and oxygen atoms in total. The van der Waals surface area contributed by atoms with Crippen molar-refractivity contribution >= 4 is 16.7 Å². The number of nitrogens with zero attached hydrogens (tertiary/aromatic N) is 4. The zero-order chi connectivity index (χ0) is 28.9. The summed E-state index contributed by atoms with van der Waals surface area (Å²) in [7, 11) is 0. The predicted molar refractivity (Wildman–Crippen MR) is 140 cm³/mol. The summed E-state index contributed by atoms with van der Waals surface area (Å²) in [6.45, 7) is -0.197. The molecule has 0 radical (unpaired) electrons. The van der Waals surface area contributed by atoms with Crippen molar-refractivity contribution in [1.82, 2.24) is 19.9 Å². The average Bonchev–Trinajstić information content (AvgIpc) is 3.47. The molecule has 2 saturated heterocycles. The second-order valence-electron chi connectivity index (χ2n) is 10.5. The first kappa shape index (κ1) is 27.3. The van der Waals surface area contributed by atoms with Gasteiger partial charge in [-0.25, -0.2) is 17.9 Å². The number of likely N-dealkylation sites (tertiary alicyclic amines) is 1. The first-order valence-electron chi connectivity index (χ1n) is 13.2. The van der Waals surface area contributed by atoms with E-state index >= 15 is 0 Å². The monoisotopic (exact) mass is 568 g/mol. The number of carbonyl (C=O) groups excluding carboxylic acids is 1. The number of benzene rings is 3. The summed E-state index contributed by atoms with van der Waals surface area (Å²) in [4.78, 5) is 15.3. The highest BCUT2D eigenvalue weighted by atomic mass is 19.2. The number of rotatable bonds is 4. The highest BCUT2D eigenvalue weighted by molar-refractivity contribution is 6.07. The third kappa shape index (κ3) is 4.66. The summed E-state index contributed by atoms with van der Waals surface area (Å²) in [5.41, 5.74) is -0.988. The molecule has 3 N–H and O–H groups in total. The van der Waals surface area contributed by atoms with Crippen LogP contribution < -0.4 is 0 Å². The molecule has 2 aliphatic rings. The minimum Gasteiger partial charge on any atom is -0.394 e. The van der Waals surface area contributed by atoms with E-state index in [4.69, 9.17) is 4.74 Å². The van der Waals surface area contributed by atoms with E-state index in [2.05, 4.69) is 10.3 Å². The number of piperidine rings is 1. The van der Waals surface area contributed by atoms with Crippen molar-refractivity contribution in [2.75, 3.05) is 19.7 Å². The van der Waals surface area contributed by atoms with Crippen molar-refractivity contribution in [3.05, 3.63) is 83.8 Å². The zero-order valence-corrected chi connectivity index (χ0v) is 21.7. The van der Waals surface area contributed by atoms with Gasteiger partial charge in [-0.2, -0.15) is 0 Å². The van der Waals surface area contributed by atoms with E-state index in [-0.39, 0.29) is 23.7 Å². The van der Waals surface area contributed by atoms with Gasteiger partial charge >= 0.3 is 0 Å². The third-order valence-electron chi connectivity index (χ3n) is 8.05. The molecule has 4 aromatic rings. The predicted octanol–water partition coefficient (Wildman–Crippen LogP) is 2.84. The van der Waals surface area contributed by atoms with Crippen molar-refractivity contribution < 1.29 is 38.0 Å². The number of amides is 1. The first-order chi connectivity index (χ1) is 19.7. The van der Waals surface area contributed by atoms with Gasteiger partial charge < -0.3 is 25.0 Å². The Labute approximate surface area is 232 Å². The molecule has 1 amide bonds. The number of aliphatic hydroxyl groups is 3. The van der Waals surface area contributed by atoms with E-state index in [1.807, 2.05) is 30.3 Å². The van der Waals surface area contributed by atoms with Gasteiger partial charge in [0.1, 0.15) is 35.6 Å². The van der Waals surface area contributed by atoms with Crippen LogP contribution in [0.5, 0.6) is 0 Å². The summed E-state index contributed by atoms with van der Waals surface area (Å²) in [6, 6.07) is 13.3. The van der Waals surface area contributed by atoms with Crippen molar-refractivity contribution in [2.45, 2.75) is 42.8 Å². The summed E-state index contributed by atoms with van der Waals surface area (Å²) in [5, 5.41) is 42.4. The van der Waals surface area contributed by atoms with Crippen LogP contribution >= 0.6 is 0 Å². The van der Waals surface area contributed by atoms with Gasteiger partial charge in [0.2, 0.25) is 0 Å². The van der Waals surface area contributed by atoms with Crippen LogP contribution in [-0.4, -0.2) is 84.7 Å². The number of halogens is 3. The summed E-state index contributed by atoms with van der Waals surface area (Å²) in [5.74, 6) is -4.68. The number of carbonyl (C=O) groups is 1. The fourth-order valence-corrected chi connectivity index (χ4v) is 6.01. The number of aliphatic hydroxyl groups excluding tert-OH is 3. The van der Waals surface area contributed by atoms with Crippen LogP contribution in [0, 0.1) is 17.5 Å². The molecular weight excluding hydrogens is 541 g/mol. The first-order valence-corrected chi connectivity index (χ1v) is 13.2. The van der Waals surface area contributed by atoms with Gasteiger partial charge in [-0.1, -0.05) is 41.6 Å². The molecule has 0 unspecified atom stereocenters. The molecule has 41 heavy (non-hydrogen) atoms. The number of aromatic nitrogens is 3. The molecule has 12 heteroatoms.